The number of thiophene rings is 1. The quantitative estimate of drug-likeness (QED) is 0.639. The lowest BCUT2D eigenvalue weighted by Gasteiger charge is -2.18. The van der Waals surface area contributed by atoms with Gasteiger partial charge in [-0.05, 0) is 13.3 Å². The monoisotopic (exact) mass is 285 g/mol. The molecular weight excluding hydrogens is 270 g/mol. The highest BCUT2D eigenvalue weighted by atomic mass is 32.1. The molecule has 1 amide bonds. The molecule has 1 aromatic rings. The summed E-state index contributed by atoms with van der Waals surface area (Å²) in [6, 6.07) is 1.38. The van der Waals surface area contributed by atoms with Crippen LogP contribution in [0.2, 0.25) is 0 Å². The predicted molar refractivity (Wildman–Crippen MR) is 71.4 cm³/mol. The average molecular weight is 285 g/mol. The minimum atomic E-state index is -0.752. The molecule has 1 saturated heterocycles. The second-order valence-electron chi connectivity index (χ2n) is 4.40. The van der Waals surface area contributed by atoms with Gasteiger partial charge in [-0.25, -0.2) is 0 Å². The van der Waals surface area contributed by atoms with Gasteiger partial charge in [0.15, 0.2) is 5.00 Å². The smallest absolute Gasteiger partial charge is 0.304 e. The van der Waals surface area contributed by atoms with Crippen molar-refractivity contribution in [2.24, 2.45) is 0 Å². The first-order chi connectivity index (χ1) is 8.99. The largest absolute Gasteiger partial charge is 0.388 e. The number of hydrogen-bond donors (Lipinski definition) is 2. The number of amides is 1. The Morgan fingerprint density at radius 2 is 2.37 bits per heavy atom. The van der Waals surface area contributed by atoms with Crippen LogP contribution >= 0.6 is 11.3 Å². The lowest BCUT2D eigenvalue weighted by Crippen LogP contribution is -2.32. The topological polar surface area (TPSA) is 95.7 Å². The van der Waals surface area contributed by atoms with Crippen LogP contribution in [0.4, 0.5) is 10.7 Å². The normalized spacial score (nSPS) is 17.8. The molecule has 1 aliphatic rings. The highest BCUT2D eigenvalue weighted by Crippen LogP contribution is 2.40. The zero-order valence-corrected chi connectivity index (χ0v) is 11.3. The molecule has 1 atom stereocenters. The molecule has 0 radical (unpaired) electrons. The van der Waals surface area contributed by atoms with Crippen molar-refractivity contribution in [3.05, 3.63) is 21.1 Å². The Kier molecular flexibility index (Phi) is 4.01. The molecule has 0 saturated carbocycles. The summed E-state index contributed by atoms with van der Waals surface area (Å²) in [6.45, 7) is 2.84. The third kappa shape index (κ3) is 3.02. The van der Waals surface area contributed by atoms with Crippen LogP contribution in [0.25, 0.3) is 0 Å². The molecule has 0 aromatic carbocycles. The van der Waals surface area contributed by atoms with Crippen LogP contribution in [-0.2, 0) is 4.79 Å². The molecule has 1 fully saturated rings. The first-order valence-corrected chi connectivity index (χ1v) is 6.78. The Labute approximate surface area is 114 Å². The minimum absolute atomic E-state index is 0.0457. The maximum absolute atomic E-state index is 11.5. The predicted octanol–water partition coefficient (Wildman–Crippen LogP) is 1.04. The van der Waals surface area contributed by atoms with Crippen LogP contribution in [0.15, 0.2) is 6.07 Å². The van der Waals surface area contributed by atoms with Crippen LogP contribution in [-0.4, -0.2) is 35.6 Å². The van der Waals surface area contributed by atoms with E-state index in [9.17, 15) is 20.0 Å². The third-order valence-corrected chi connectivity index (χ3v) is 4.23. The molecule has 1 aromatic heterocycles. The maximum atomic E-state index is 11.5. The van der Waals surface area contributed by atoms with Gasteiger partial charge in [-0.2, -0.15) is 0 Å². The number of aliphatic hydroxyl groups excluding tert-OH is 1. The van der Waals surface area contributed by atoms with Gasteiger partial charge in [0.1, 0.15) is 0 Å². The summed E-state index contributed by atoms with van der Waals surface area (Å²) in [7, 11) is 0. The van der Waals surface area contributed by atoms with Gasteiger partial charge < -0.3 is 15.3 Å². The van der Waals surface area contributed by atoms with E-state index < -0.39 is 11.0 Å². The standard InChI is InChI=1S/C11H15N3O4S/c1-7(15)9-5-8(14(17)18)11(19-9)13-4-2-3-12-10(16)6-13/h5,7,15H,2-4,6H2,1H3,(H,12,16)/t7-/m0/s1. The van der Waals surface area contributed by atoms with Crippen molar-refractivity contribution in [1.82, 2.24) is 5.32 Å². The number of nitro groups is 1. The highest BCUT2D eigenvalue weighted by molar-refractivity contribution is 7.16. The van der Waals surface area contributed by atoms with Gasteiger partial charge in [-0.1, -0.05) is 0 Å². The summed E-state index contributed by atoms with van der Waals surface area (Å²) in [4.78, 5) is 24.4. The van der Waals surface area contributed by atoms with E-state index in [-0.39, 0.29) is 18.1 Å². The van der Waals surface area contributed by atoms with Crippen LogP contribution in [0, 0.1) is 10.1 Å². The molecule has 7 nitrogen and oxygen atoms in total. The number of anilines is 1. The zero-order valence-electron chi connectivity index (χ0n) is 10.5. The number of nitrogens with one attached hydrogen (secondary N) is 1. The molecule has 2 rings (SSSR count). The van der Waals surface area contributed by atoms with E-state index in [1.807, 2.05) is 0 Å². The van der Waals surface area contributed by atoms with E-state index in [0.29, 0.717) is 23.0 Å². The number of hydrogen-bond acceptors (Lipinski definition) is 6. The van der Waals surface area contributed by atoms with E-state index in [2.05, 4.69) is 5.32 Å². The number of nitrogens with zero attached hydrogens (tertiary/aromatic N) is 2. The lowest BCUT2D eigenvalue weighted by molar-refractivity contribution is -0.383. The van der Waals surface area contributed by atoms with E-state index in [1.54, 1.807) is 11.8 Å². The molecule has 0 spiro atoms. The van der Waals surface area contributed by atoms with Crippen molar-refractivity contribution < 1.29 is 14.8 Å². The Bertz CT molecular complexity index is 500. The Morgan fingerprint density at radius 3 is 3.00 bits per heavy atom. The van der Waals surface area contributed by atoms with Crippen molar-refractivity contribution in [3.8, 4) is 0 Å². The number of carbonyl (C=O) groups excluding carboxylic acids is 1. The second kappa shape index (κ2) is 5.54. The first kappa shape index (κ1) is 13.8. The average Bonchev–Trinajstić information content (AvgIpc) is 2.68. The van der Waals surface area contributed by atoms with E-state index in [4.69, 9.17) is 0 Å². The lowest BCUT2D eigenvalue weighted by atomic mass is 10.3. The molecule has 104 valence electrons. The summed E-state index contributed by atoms with van der Waals surface area (Å²) in [5.41, 5.74) is -0.0457. The Morgan fingerprint density at radius 1 is 1.63 bits per heavy atom. The van der Waals surface area contributed by atoms with E-state index in [1.165, 1.54) is 17.4 Å². The second-order valence-corrected chi connectivity index (χ2v) is 5.46. The first-order valence-electron chi connectivity index (χ1n) is 5.97. The van der Waals surface area contributed by atoms with Crippen LogP contribution in [0.3, 0.4) is 0 Å². The molecule has 0 unspecified atom stereocenters. The van der Waals surface area contributed by atoms with Gasteiger partial charge in [-0.3, -0.25) is 14.9 Å². The van der Waals surface area contributed by atoms with E-state index >= 15 is 0 Å². The van der Waals surface area contributed by atoms with Gasteiger partial charge in [-0.15, -0.1) is 11.3 Å². The maximum Gasteiger partial charge on any atom is 0.304 e. The summed E-state index contributed by atoms with van der Waals surface area (Å²) < 4.78 is 0. The molecule has 2 N–H and O–H groups in total. The Balaban J connectivity index is 2.36. The Hall–Kier alpha value is -1.67. The van der Waals surface area contributed by atoms with Crippen LogP contribution in [0.1, 0.15) is 24.3 Å². The molecule has 0 aliphatic carbocycles. The molecular formula is C11H15N3O4S. The number of aliphatic hydroxyl groups is 1. The molecule has 2 heterocycles. The summed E-state index contributed by atoms with van der Waals surface area (Å²) in [5, 5.41) is 23.8. The third-order valence-electron chi connectivity index (χ3n) is 2.87. The van der Waals surface area contributed by atoms with Gasteiger partial charge >= 0.3 is 5.69 Å². The minimum Gasteiger partial charge on any atom is -0.388 e. The molecule has 8 heteroatoms. The fraction of sp³-hybridized carbons (Fsp3) is 0.545. The number of rotatable bonds is 3. The van der Waals surface area contributed by atoms with Crippen LogP contribution < -0.4 is 10.2 Å². The van der Waals surface area contributed by atoms with Crippen molar-refractivity contribution in [3.63, 3.8) is 0 Å². The van der Waals surface area contributed by atoms with Crippen molar-refractivity contribution in [1.29, 1.82) is 0 Å². The summed E-state index contributed by atoms with van der Waals surface area (Å²) in [5.74, 6) is -0.140. The fourth-order valence-electron chi connectivity index (χ4n) is 1.93. The van der Waals surface area contributed by atoms with Gasteiger partial charge in [0, 0.05) is 24.0 Å². The number of carbonyl (C=O) groups is 1. The molecule has 0 bridgehead atoms. The molecule has 19 heavy (non-hydrogen) atoms. The summed E-state index contributed by atoms with van der Waals surface area (Å²) in [6.07, 6.45) is -0.0107. The SMILES string of the molecule is C[C@H](O)c1cc([N+](=O)[O-])c(N2CCCNC(=O)C2)s1. The van der Waals surface area contributed by atoms with Crippen molar-refractivity contribution in [2.75, 3.05) is 24.5 Å². The van der Waals surface area contributed by atoms with Gasteiger partial charge in [0.2, 0.25) is 5.91 Å². The molecule has 1 aliphatic heterocycles. The van der Waals surface area contributed by atoms with Crippen molar-refractivity contribution in [2.45, 2.75) is 19.4 Å². The van der Waals surface area contributed by atoms with Crippen LogP contribution in [0.5, 0.6) is 0 Å². The van der Waals surface area contributed by atoms with Gasteiger partial charge in [0.05, 0.1) is 17.6 Å². The van der Waals surface area contributed by atoms with E-state index in [0.717, 1.165) is 6.42 Å². The van der Waals surface area contributed by atoms with Crippen molar-refractivity contribution >= 4 is 27.9 Å². The fourth-order valence-corrected chi connectivity index (χ4v) is 3.02. The summed E-state index contributed by atoms with van der Waals surface area (Å²) >= 11 is 1.17. The van der Waals surface area contributed by atoms with Gasteiger partial charge in [0.25, 0.3) is 0 Å². The highest BCUT2D eigenvalue weighted by Gasteiger charge is 2.27. The zero-order chi connectivity index (χ0) is 14.0.